The zero-order valence-corrected chi connectivity index (χ0v) is 13.1. The molecular formula is C17H35NO. The van der Waals surface area contributed by atoms with Crippen LogP contribution in [0.15, 0.2) is 24.3 Å². The van der Waals surface area contributed by atoms with Crippen LogP contribution in [-0.4, -0.2) is 16.9 Å². The van der Waals surface area contributed by atoms with Gasteiger partial charge in [-0.2, -0.15) is 0 Å². The Labute approximate surface area is 121 Å². The lowest BCUT2D eigenvalue weighted by molar-refractivity contribution is 0.208. The van der Waals surface area contributed by atoms with Crippen molar-refractivity contribution in [3.8, 4) is 0 Å². The van der Waals surface area contributed by atoms with Crippen molar-refractivity contribution >= 4 is 5.71 Å². The molecular weight excluding hydrogens is 234 g/mol. The van der Waals surface area contributed by atoms with Crippen LogP contribution in [-0.2, 0) is 0 Å². The molecule has 1 spiro atoms. The highest BCUT2D eigenvalue weighted by atomic mass is 16.3. The molecule has 2 aliphatic rings. The molecule has 2 rings (SSSR count). The van der Waals surface area contributed by atoms with Gasteiger partial charge < -0.3 is 10.5 Å². The van der Waals surface area contributed by atoms with E-state index in [1.165, 1.54) is 0 Å². The molecule has 0 aromatic rings. The second-order valence-electron chi connectivity index (χ2n) is 3.81. The molecule has 0 aromatic heterocycles. The van der Waals surface area contributed by atoms with Gasteiger partial charge in [0.15, 0.2) is 0 Å². The van der Waals surface area contributed by atoms with E-state index in [9.17, 15) is 5.11 Å². The first-order chi connectivity index (χ1) is 8.58. The number of hydrogen-bond donors (Lipinski definition) is 2. The molecule has 114 valence electrons. The average molecular weight is 269 g/mol. The Bertz CT molecular complexity index is 288. The highest BCUT2D eigenvalue weighted by Gasteiger charge is 2.53. The van der Waals surface area contributed by atoms with Crippen molar-refractivity contribution in [3.05, 3.63) is 24.3 Å². The molecule has 2 heteroatoms. The van der Waals surface area contributed by atoms with Crippen LogP contribution < -0.4 is 0 Å². The summed E-state index contributed by atoms with van der Waals surface area (Å²) in [5.74, 6) is 0. The van der Waals surface area contributed by atoms with Gasteiger partial charge >= 0.3 is 0 Å². The Morgan fingerprint density at radius 1 is 1.05 bits per heavy atom. The number of aliphatic hydroxyl groups excluding tert-OH is 1. The summed E-state index contributed by atoms with van der Waals surface area (Å²) in [4.78, 5) is 0. The molecule has 2 N–H and O–H groups in total. The minimum atomic E-state index is -0.559. The molecule has 0 saturated heterocycles. The van der Waals surface area contributed by atoms with Crippen LogP contribution in [0.1, 0.15) is 68.2 Å². The van der Waals surface area contributed by atoms with E-state index < -0.39 is 6.10 Å². The van der Waals surface area contributed by atoms with E-state index in [4.69, 9.17) is 5.41 Å². The van der Waals surface area contributed by atoms with Crippen LogP contribution in [0.3, 0.4) is 0 Å². The summed E-state index contributed by atoms with van der Waals surface area (Å²) in [6, 6.07) is 0. The monoisotopic (exact) mass is 269 g/mol. The zero-order chi connectivity index (χ0) is 14.9. The molecule has 0 aromatic carbocycles. The Balaban J connectivity index is -0.000000325. The minimum Gasteiger partial charge on any atom is -0.388 e. The molecule has 19 heavy (non-hydrogen) atoms. The Kier molecular flexibility index (Phi) is 13.4. The summed E-state index contributed by atoms with van der Waals surface area (Å²) in [6.07, 6.45) is 2.09. The van der Waals surface area contributed by atoms with Crippen molar-refractivity contribution in [1.29, 1.82) is 5.41 Å². The Morgan fingerprint density at radius 3 is 1.74 bits per heavy atom. The standard InChI is InChI=1S/C10H13NO.3C2H6.CH4/c1-6-5-8(12)7(2)9(11)10(6)3-4-10;3*1-2;/h8,11-12H,1-5H2;3*1-2H3;1H4. The van der Waals surface area contributed by atoms with E-state index >= 15 is 0 Å². The third-order valence-corrected chi connectivity index (χ3v) is 3.07. The molecule has 1 unspecified atom stereocenters. The van der Waals surface area contributed by atoms with Crippen LogP contribution in [0, 0.1) is 10.8 Å². The molecule has 0 radical (unpaired) electrons. The van der Waals surface area contributed by atoms with Gasteiger partial charge in [0.1, 0.15) is 0 Å². The first kappa shape index (κ1) is 23.2. The minimum absolute atomic E-state index is 0. The summed E-state index contributed by atoms with van der Waals surface area (Å²) in [7, 11) is 0. The highest BCUT2D eigenvalue weighted by Crippen LogP contribution is 2.57. The lowest BCUT2D eigenvalue weighted by Crippen LogP contribution is -2.32. The quantitative estimate of drug-likeness (QED) is 0.570. The summed E-state index contributed by atoms with van der Waals surface area (Å²) >= 11 is 0. The van der Waals surface area contributed by atoms with Crippen molar-refractivity contribution in [1.82, 2.24) is 0 Å². The van der Waals surface area contributed by atoms with Gasteiger partial charge in [-0.15, -0.1) is 0 Å². The largest absolute Gasteiger partial charge is 0.388 e. The summed E-state index contributed by atoms with van der Waals surface area (Å²) in [6.45, 7) is 19.7. The van der Waals surface area contributed by atoms with E-state index in [0.29, 0.717) is 17.7 Å². The molecule has 1 atom stereocenters. The van der Waals surface area contributed by atoms with Crippen molar-refractivity contribution in [2.45, 2.75) is 74.3 Å². The molecule has 2 nitrogen and oxygen atoms in total. The second kappa shape index (κ2) is 11.0. The van der Waals surface area contributed by atoms with Crippen LogP contribution >= 0.6 is 0 Å². The van der Waals surface area contributed by atoms with Gasteiger partial charge in [-0.1, -0.05) is 67.7 Å². The van der Waals surface area contributed by atoms with E-state index in [-0.39, 0.29) is 12.8 Å². The van der Waals surface area contributed by atoms with Gasteiger partial charge in [-0.3, -0.25) is 0 Å². The van der Waals surface area contributed by atoms with Crippen LogP contribution in [0.5, 0.6) is 0 Å². The Hall–Kier alpha value is -0.890. The lowest BCUT2D eigenvalue weighted by Gasteiger charge is -2.30. The molecule has 2 fully saturated rings. The average Bonchev–Trinajstić information content (AvgIpc) is 3.24. The maximum absolute atomic E-state index is 9.48. The number of aliphatic hydroxyl groups is 1. The van der Waals surface area contributed by atoms with Gasteiger partial charge in [0.25, 0.3) is 0 Å². The van der Waals surface area contributed by atoms with E-state index in [1.54, 1.807) is 0 Å². The molecule has 0 aliphatic heterocycles. The smallest absolute Gasteiger partial charge is 0.0839 e. The maximum Gasteiger partial charge on any atom is 0.0839 e. The number of hydrogen-bond acceptors (Lipinski definition) is 2. The van der Waals surface area contributed by atoms with Gasteiger partial charge in [0.2, 0.25) is 0 Å². The summed E-state index contributed by atoms with van der Waals surface area (Å²) < 4.78 is 0. The van der Waals surface area contributed by atoms with Crippen molar-refractivity contribution < 1.29 is 5.11 Å². The predicted molar refractivity (Wildman–Crippen MR) is 89.1 cm³/mol. The molecule has 2 aliphatic carbocycles. The van der Waals surface area contributed by atoms with Crippen molar-refractivity contribution in [3.63, 3.8) is 0 Å². The van der Waals surface area contributed by atoms with Gasteiger partial charge in [0.05, 0.1) is 6.10 Å². The fourth-order valence-electron chi connectivity index (χ4n) is 1.93. The van der Waals surface area contributed by atoms with Crippen LogP contribution in [0.2, 0.25) is 0 Å². The highest BCUT2D eigenvalue weighted by molar-refractivity contribution is 6.07. The van der Waals surface area contributed by atoms with E-state index in [2.05, 4.69) is 13.2 Å². The third-order valence-electron chi connectivity index (χ3n) is 3.07. The predicted octanol–water partition coefficient (Wildman–Crippen LogP) is 5.38. The SMILES string of the molecule is C.C=C1C(=N)C2(CC2)C(=C)CC1O.CC.CC.CC. The van der Waals surface area contributed by atoms with Crippen molar-refractivity contribution in [2.75, 3.05) is 0 Å². The fourth-order valence-corrected chi connectivity index (χ4v) is 1.93. The second-order valence-corrected chi connectivity index (χ2v) is 3.81. The fraction of sp³-hybridized carbons (Fsp3) is 0.706. The van der Waals surface area contributed by atoms with Gasteiger partial charge in [-0.05, 0) is 24.8 Å². The normalized spacial score (nSPS) is 21.6. The molecule has 2 saturated carbocycles. The third kappa shape index (κ3) is 4.94. The first-order valence-corrected chi connectivity index (χ1v) is 7.22. The zero-order valence-electron chi connectivity index (χ0n) is 13.1. The first-order valence-electron chi connectivity index (χ1n) is 7.22. The number of nitrogens with one attached hydrogen (secondary N) is 1. The molecule has 0 heterocycles. The van der Waals surface area contributed by atoms with Gasteiger partial charge in [-0.25, -0.2) is 0 Å². The number of rotatable bonds is 0. The molecule has 0 bridgehead atoms. The summed E-state index contributed by atoms with van der Waals surface area (Å²) in [5, 5.41) is 17.3. The maximum atomic E-state index is 9.48. The van der Waals surface area contributed by atoms with Crippen LogP contribution in [0.4, 0.5) is 0 Å². The Morgan fingerprint density at radius 2 is 1.42 bits per heavy atom. The van der Waals surface area contributed by atoms with Crippen LogP contribution in [0.25, 0.3) is 0 Å². The van der Waals surface area contributed by atoms with E-state index in [1.807, 2.05) is 41.5 Å². The van der Waals surface area contributed by atoms with Crippen molar-refractivity contribution in [2.24, 2.45) is 5.41 Å². The topological polar surface area (TPSA) is 44.1 Å². The summed E-state index contributed by atoms with van der Waals surface area (Å²) in [5.41, 5.74) is 2.06. The lowest BCUT2D eigenvalue weighted by atomic mass is 9.76. The van der Waals surface area contributed by atoms with Gasteiger partial charge in [0, 0.05) is 11.1 Å². The van der Waals surface area contributed by atoms with E-state index in [0.717, 1.165) is 18.4 Å². The molecule has 0 amide bonds.